The minimum Gasteiger partial charge on any atom is -0.348 e. The molecule has 0 spiro atoms. The molecule has 1 atom stereocenters. The first-order chi connectivity index (χ1) is 13.1. The van der Waals surface area contributed by atoms with Gasteiger partial charge in [-0.05, 0) is 30.7 Å². The summed E-state index contributed by atoms with van der Waals surface area (Å²) in [7, 11) is -7.47. The summed E-state index contributed by atoms with van der Waals surface area (Å²) in [6.45, 7) is -0.206. The molecule has 0 saturated carbocycles. The van der Waals surface area contributed by atoms with Crippen molar-refractivity contribution in [3.05, 3.63) is 65.2 Å². The summed E-state index contributed by atoms with van der Waals surface area (Å²) >= 11 is 0. The number of carbonyl (C=O) groups is 1. The van der Waals surface area contributed by atoms with Crippen molar-refractivity contribution < 1.29 is 30.4 Å². The number of nitrogens with one attached hydrogen (secondary N) is 1. The van der Waals surface area contributed by atoms with Gasteiger partial charge in [-0.1, -0.05) is 18.2 Å². The molecule has 150 valence electrons. The summed E-state index contributed by atoms with van der Waals surface area (Å²) in [5.74, 6) is -3.11. The number of rotatable bonds is 5. The lowest BCUT2D eigenvalue weighted by atomic mass is 10.1. The Labute approximate surface area is 161 Å². The molecule has 0 bridgehead atoms. The lowest BCUT2D eigenvalue weighted by Gasteiger charge is -2.12. The molecule has 1 aliphatic heterocycles. The van der Waals surface area contributed by atoms with Gasteiger partial charge in [0.15, 0.2) is 19.7 Å². The zero-order valence-corrected chi connectivity index (χ0v) is 16.2. The third kappa shape index (κ3) is 4.22. The minimum absolute atomic E-state index is 0.0448. The lowest BCUT2D eigenvalue weighted by Crippen LogP contribution is -2.26. The highest BCUT2D eigenvalue weighted by molar-refractivity contribution is 7.96. The monoisotopic (exact) mass is 429 g/mol. The molecule has 2 aromatic rings. The smallest absolute Gasteiger partial charge is 0.254 e. The Bertz CT molecular complexity index is 1130. The predicted octanol–water partition coefficient (Wildman–Crippen LogP) is 1.86. The maximum atomic E-state index is 14.1. The fourth-order valence-corrected chi connectivity index (χ4v) is 7.35. The molecule has 2 aromatic carbocycles. The maximum absolute atomic E-state index is 14.1. The quantitative estimate of drug-likeness (QED) is 0.732. The predicted molar refractivity (Wildman–Crippen MR) is 98.2 cm³/mol. The Hall–Kier alpha value is -2.33. The van der Waals surface area contributed by atoms with Crippen LogP contribution in [0.2, 0.25) is 0 Å². The second-order valence-electron chi connectivity index (χ2n) is 6.49. The number of sulfone groups is 2. The van der Waals surface area contributed by atoms with Crippen LogP contribution in [0.25, 0.3) is 0 Å². The summed E-state index contributed by atoms with van der Waals surface area (Å²) in [4.78, 5) is 12.0. The van der Waals surface area contributed by atoms with E-state index in [-0.39, 0.29) is 29.2 Å². The Morgan fingerprint density at radius 1 is 1.11 bits per heavy atom. The number of amides is 1. The summed E-state index contributed by atoms with van der Waals surface area (Å²) < 4.78 is 76.2. The van der Waals surface area contributed by atoms with Crippen LogP contribution in [0, 0.1) is 11.6 Å². The Morgan fingerprint density at radius 2 is 1.82 bits per heavy atom. The average Bonchev–Trinajstić information content (AvgIpc) is 3.01. The van der Waals surface area contributed by atoms with Crippen LogP contribution in [0.5, 0.6) is 0 Å². The summed E-state index contributed by atoms with van der Waals surface area (Å²) in [6, 6.07) is 8.45. The molecule has 1 amide bonds. The van der Waals surface area contributed by atoms with Gasteiger partial charge in [0, 0.05) is 12.1 Å². The van der Waals surface area contributed by atoms with Gasteiger partial charge in [0.25, 0.3) is 5.91 Å². The fourth-order valence-electron chi connectivity index (χ4n) is 2.97. The minimum atomic E-state index is -4.04. The van der Waals surface area contributed by atoms with Gasteiger partial charge in [0.2, 0.25) is 0 Å². The van der Waals surface area contributed by atoms with E-state index in [0.29, 0.717) is 0 Å². The van der Waals surface area contributed by atoms with Crippen molar-refractivity contribution in [2.24, 2.45) is 0 Å². The Morgan fingerprint density at radius 3 is 2.46 bits per heavy atom. The van der Waals surface area contributed by atoms with Crippen molar-refractivity contribution in [3.8, 4) is 0 Å². The van der Waals surface area contributed by atoms with E-state index in [9.17, 15) is 30.4 Å². The SMILES string of the molecule is O=C(NCc1ccccc1F)c1cc(S(=O)(=O)[C@@H]2CCS(=O)(=O)C2)ccc1F. The third-order valence-corrected chi connectivity index (χ3v) is 8.71. The molecule has 1 aliphatic rings. The molecule has 3 rings (SSSR count). The van der Waals surface area contributed by atoms with Crippen LogP contribution in [0.3, 0.4) is 0 Å². The molecule has 0 aromatic heterocycles. The van der Waals surface area contributed by atoms with Crippen LogP contribution in [-0.2, 0) is 26.2 Å². The third-order valence-electron chi connectivity index (χ3n) is 4.54. The molecule has 28 heavy (non-hydrogen) atoms. The first kappa shape index (κ1) is 20.4. The van der Waals surface area contributed by atoms with E-state index in [1.165, 1.54) is 18.2 Å². The Balaban J connectivity index is 1.83. The van der Waals surface area contributed by atoms with Crippen LogP contribution in [-0.4, -0.2) is 39.5 Å². The van der Waals surface area contributed by atoms with Gasteiger partial charge in [-0.3, -0.25) is 4.79 Å². The van der Waals surface area contributed by atoms with E-state index in [1.54, 1.807) is 6.07 Å². The molecular weight excluding hydrogens is 412 g/mol. The van der Waals surface area contributed by atoms with Crippen molar-refractivity contribution in [1.82, 2.24) is 5.32 Å². The largest absolute Gasteiger partial charge is 0.348 e. The van der Waals surface area contributed by atoms with Crippen molar-refractivity contribution in [2.45, 2.75) is 23.1 Å². The molecule has 1 heterocycles. The molecule has 1 fully saturated rings. The summed E-state index contributed by atoms with van der Waals surface area (Å²) in [5.41, 5.74) is -0.325. The van der Waals surface area contributed by atoms with Gasteiger partial charge < -0.3 is 5.32 Å². The zero-order chi connectivity index (χ0) is 20.5. The van der Waals surface area contributed by atoms with Gasteiger partial charge in [-0.2, -0.15) is 0 Å². The van der Waals surface area contributed by atoms with E-state index in [0.717, 1.165) is 18.2 Å². The van der Waals surface area contributed by atoms with Crippen LogP contribution >= 0.6 is 0 Å². The Kier molecular flexibility index (Phi) is 5.53. The summed E-state index contributed by atoms with van der Waals surface area (Å²) in [5, 5.41) is 1.22. The summed E-state index contributed by atoms with van der Waals surface area (Å²) in [6.07, 6.45) is -0.0448. The van der Waals surface area contributed by atoms with Crippen LogP contribution in [0.4, 0.5) is 8.78 Å². The first-order valence-electron chi connectivity index (χ1n) is 8.35. The molecule has 6 nitrogen and oxygen atoms in total. The second kappa shape index (κ2) is 7.59. The van der Waals surface area contributed by atoms with Crippen molar-refractivity contribution in [1.29, 1.82) is 0 Å². The van der Waals surface area contributed by atoms with Gasteiger partial charge in [0.1, 0.15) is 11.6 Å². The first-order valence-corrected chi connectivity index (χ1v) is 11.7. The number of hydrogen-bond acceptors (Lipinski definition) is 5. The molecular formula is C18H17F2NO5S2. The van der Waals surface area contributed by atoms with Crippen LogP contribution in [0.15, 0.2) is 47.4 Å². The van der Waals surface area contributed by atoms with E-state index in [2.05, 4.69) is 5.32 Å². The van der Waals surface area contributed by atoms with Crippen molar-refractivity contribution >= 4 is 25.6 Å². The van der Waals surface area contributed by atoms with E-state index >= 15 is 0 Å². The fraction of sp³-hybridized carbons (Fsp3) is 0.278. The highest BCUT2D eigenvalue weighted by atomic mass is 32.2. The molecule has 0 radical (unpaired) electrons. The number of carbonyl (C=O) groups excluding carboxylic acids is 1. The van der Waals surface area contributed by atoms with Crippen molar-refractivity contribution in [2.75, 3.05) is 11.5 Å². The average molecular weight is 429 g/mol. The molecule has 0 unspecified atom stereocenters. The van der Waals surface area contributed by atoms with Gasteiger partial charge in [0.05, 0.1) is 27.2 Å². The maximum Gasteiger partial charge on any atom is 0.254 e. The normalized spacial score (nSPS) is 18.7. The van der Waals surface area contributed by atoms with Gasteiger partial charge in [-0.15, -0.1) is 0 Å². The van der Waals surface area contributed by atoms with Crippen LogP contribution in [0.1, 0.15) is 22.3 Å². The topological polar surface area (TPSA) is 97.4 Å². The number of halogens is 2. The second-order valence-corrected chi connectivity index (χ2v) is 10.9. The molecule has 1 N–H and O–H groups in total. The molecule has 0 aliphatic carbocycles. The van der Waals surface area contributed by atoms with E-state index in [4.69, 9.17) is 0 Å². The van der Waals surface area contributed by atoms with E-state index < -0.39 is 53.8 Å². The van der Waals surface area contributed by atoms with Gasteiger partial charge in [-0.25, -0.2) is 25.6 Å². The van der Waals surface area contributed by atoms with Crippen molar-refractivity contribution in [3.63, 3.8) is 0 Å². The van der Waals surface area contributed by atoms with E-state index in [1.807, 2.05) is 0 Å². The zero-order valence-electron chi connectivity index (χ0n) is 14.6. The highest BCUT2D eigenvalue weighted by Crippen LogP contribution is 2.26. The molecule has 1 saturated heterocycles. The lowest BCUT2D eigenvalue weighted by molar-refractivity contribution is 0.0946. The van der Waals surface area contributed by atoms with Gasteiger partial charge >= 0.3 is 0 Å². The van der Waals surface area contributed by atoms with Crippen LogP contribution < -0.4 is 5.32 Å². The highest BCUT2D eigenvalue weighted by Gasteiger charge is 2.38. The molecule has 10 heteroatoms. The number of benzene rings is 2. The standard InChI is InChI=1S/C18H17F2NO5S2/c19-16-4-2-1-3-12(16)10-21-18(22)15-9-13(5-6-17(15)20)28(25,26)14-7-8-27(23,24)11-14/h1-6,9,14H,7-8,10-11H2,(H,21,22)/t14-/m1/s1. The number of hydrogen-bond donors (Lipinski definition) is 1.